The molecule has 0 spiro atoms. The average Bonchev–Trinajstić information content (AvgIpc) is 2.25. The van der Waals surface area contributed by atoms with Crippen molar-refractivity contribution in [1.82, 2.24) is 10.3 Å². The summed E-state index contributed by atoms with van der Waals surface area (Å²) < 4.78 is 0. The van der Waals surface area contributed by atoms with Gasteiger partial charge in [0, 0.05) is 19.3 Å². The van der Waals surface area contributed by atoms with Crippen molar-refractivity contribution in [1.29, 1.82) is 0 Å². The van der Waals surface area contributed by atoms with E-state index in [4.69, 9.17) is 5.73 Å². The van der Waals surface area contributed by atoms with Crippen molar-refractivity contribution in [3.8, 4) is 0 Å². The van der Waals surface area contributed by atoms with Gasteiger partial charge < -0.3 is 11.1 Å². The highest BCUT2D eigenvalue weighted by Gasteiger charge is 1.94. The zero-order chi connectivity index (χ0) is 10.2. The Morgan fingerprint density at radius 1 is 1.50 bits per heavy atom. The quantitative estimate of drug-likeness (QED) is 0.672. The largest absolute Gasteiger partial charge is 0.325 e. The first-order chi connectivity index (χ1) is 6.86. The average molecular weight is 193 g/mol. The summed E-state index contributed by atoms with van der Waals surface area (Å²) in [6, 6.07) is 4.08. The van der Waals surface area contributed by atoms with Crippen molar-refractivity contribution in [2.24, 2.45) is 5.73 Å². The maximum atomic E-state index is 5.51. The first-order valence-electron chi connectivity index (χ1n) is 5.21. The molecule has 0 unspecified atom stereocenters. The van der Waals surface area contributed by atoms with Crippen LogP contribution in [-0.4, -0.2) is 11.5 Å². The Morgan fingerprint density at radius 3 is 3.07 bits per heavy atom. The molecule has 0 amide bonds. The van der Waals surface area contributed by atoms with E-state index in [0.29, 0.717) is 6.54 Å². The molecule has 0 radical (unpaired) electrons. The standard InChI is InChI=1S/C11H19N3/c1-2-3-5-13-9-10-4-6-14-11(7-10)8-12/h4,6-7,13H,2-3,5,8-9,12H2,1H3. The molecule has 0 saturated carbocycles. The fourth-order valence-electron chi connectivity index (χ4n) is 1.28. The second-order valence-corrected chi connectivity index (χ2v) is 3.39. The molecule has 14 heavy (non-hydrogen) atoms. The summed E-state index contributed by atoms with van der Waals surface area (Å²) >= 11 is 0. The number of unbranched alkanes of at least 4 members (excludes halogenated alkanes) is 1. The zero-order valence-electron chi connectivity index (χ0n) is 8.79. The fraction of sp³-hybridized carbons (Fsp3) is 0.545. The lowest BCUT2D eigenvalue weighted by Gasteiger charge is -2.04. The Morgan fingerprint density at radius 2 is 2.36 bits per heavy atom. The number of aromatic nitrogens is 1. The van der Waals surface area contributed by atoms with Gasteiger partial charge in [-0.25, -0.2) is 0 Å². The molecule has 1 rings (SSSR count). The number of hydrogen-bond acceptors (Lipinski definition) is 3. The third-order valence-electron chi connectivity index (χ3n) is 2.13. The number of nitrogens with two attached hydrogens (primary N) is 1. The van der Waals surface area contributed by atoms with Crippen LogP contribution in [-0.2, 0) is 13.1 Å². The minimum atomic E-state index is 0.517. The normalized spacial score (nSPS) is 10.4. The van der Waals surface area contributed by atoms with Gasteiger partial charge in [-0.2, -0.15) is 0 Å². The van der Waals surface area contributed by atoms with Gasteiger partial charge in [-0.1, -0.05) is 13.3 Å². The van der Waals surface area contributed by atoms with Gasteiger partial charge in [0.15, 0.2) is 0 Å². The highest BCUT2D eigenvalue weighted by atomic mass is 14.8. The first kappa shape index (κ1) is 11.1. The van der Waals surface area contributed by atoms with Crippen LogP contribution < -0.4 is 11.1 Å². The van der Waals surface area contributed by atoms with E-state index >= 15 is 0 Å². The lowest BCUT2D eigenvalue weighted by Crippen LogP contribution is -2.14. The van der Waals surface area contributed by atoms with Crippen LogP contribution in [0.25, 0.3) is 0 Å². The van der Waals surface area contributed by atoms with Gasteiger partial charge in [-0.15, -0.1) is 0 Å². The van der Waals surface area contributed by atoms with Crippen LogP contribution in [0.4, 0.5) is 0 Å². The van der Waals surface area contributed by atoms with Gasteiger partial charge >= 0.3 is 0 Å². The van der Waals surface area contributed by atoms with E-state index in [-0.39, 0.29) is 0 Å². The van der Waals surface area contributed by atoms with E-state index < -0.39 is 0 Å². The van der Waals surface area contributed by atoms with Crippen molar-refractivity contribution in [2.75, 3.05) is 6.54 Å². The summed E-state index contributed by atoms with van der Waals surface area (Å²) in [4.78, 5) is 4.15. The molecule has 3 nitrogen and oxygen atoms in total. The summed E-state index contributed by atoms with van der Waals surface area (Å²) in [7, 11) is 0. The summed E-state index contributed by atoms with van der Waals surface area (Å²) in [5, 5.41) is 3.39. The lowest BCUT2D eigenvalue weighted by molar-refractivity contribution is 0.640. The van der Waals surface area contributed by atoms with Crippen molar-refractivity contribution in [3.05, 3.63) is 29.6 Å². The molecule has 0 aromatic carbocycles. The third-order valence-corrected chi connectivity index (χ3v) is 2.13. The highest BCUT2D eigenvalue weighted by molar-refractivity contribution is 5.15. The minimum absolute atomic E-state index is 0.517. The molecule has 0 aliphatic rings. The van der Waals surface area contributed by atoms with Gasteiger partial charge in [-0.05, 0) is 30.7 Å². The minimum Gasteiger partial charge on any atom is -0.325 e. The predicted molar refractivity (Wildman–Crippen MR) is 58.7 cm³/mol. The van der Waals surface area contributed by atoms with E-state index in [1.54, 1.807) is 0 Å². The molecule has 0 aliphatic heterocycles. The molecular weight excluding hydrogens is 174 g/mol. The Labute approximate surface area is 85.7 Å². The van der Waals surface area contributed by atoms with Crippen LogP contribution in [0, 0.1) is 0 Å². The second-order valence-electron chi connectivity index (χ2n) is 3.39. The lowest BCUT2D eigenvalue weighted by atomic mass is 10.2. The number of nitrogens with zero attached hydrogens (tertiary/aromatic N) is 1. The number of pyridine rings is 1. The zero-order valence-corrected chi connectivity index (χ0v) is 8.79. The topological polar surface area (TPSA) is 50.9 Å². The maximum absolute atomic E-state index is 5.51. The van der Waals surface area contributed by atoms with Crippen LogP contribution in [0.2, 0.25) is 0 Å². The van der Waals surface area contributed by atoms with Crippen LogP contribution in [0.15, 0.2) is 18.3 Å². The second kappa shape index (κ2) is 6.51. The van der Waals surface area contributed by atoms with E-state index in [1.165, 1.54) is 18.4 Å². The SMILES string of the molecule is CCCCNCc1ccnc(CN)c1. The maximum Gasteiger partial charge on any atom is 0.0542 e. The van der Waals surface area contributed by atoms with Crippen LogP contribution in [0.3, 0.4) is 0 Å². The molecule has 1 aromatic heterocycles. The number of nitrogens with one attached hydrogen (secondary N) is 1. The highest BCUT2D eigenvalue weighted by Crippen LogP contribution is 2.00. The van der Waals surface area contributed by atoms with Crippen LogP contribution in [0.5, 0.6) is 0 Å². The number of hydrogen-bond donors (Lipinski definition) is 2. The van der Waals surface area contributed by atoms with Crippen molar-refractivity contribution >= 4 is 0 Å². The van der Waals surface area contributed by atoms with E-state index in [2.05, 4.69) is 23.3 Å². The van der Waals surface area contributed by atoms with Gasteiger partial charge in [-0.3, -0.25) is 4.98 Å². The van der Waals surface area contributed by atoms with Crippen LogP contribution in [0.1, 0.15) is 31.0 Å². The molecule has 78 valence electrons. The summed E-state index contributed by atoms with van der Waals surface area (Å²) in [6.45, 7) is 4.70. The van der Waals surface area contributed by atoms with Crippen molar-refractivity contribution < 1.29 is 0 Å². The fourth-order valence-corrected chi connectivity index (χ4v) is 1.28. The van der Waals surface area contributed by atoms with Crippen molar-refractivity contribution in [2.45, 2.75) is 32.9 Å². The Hall–Kier alpha value is -0.930. The first-order valence-corrected chi connectivity index (χ1v) is 5.21. The molecule has 3 N–H and O–H groups in total. The molecule has 0 atom stereocenters. The Bertz CT molecular complexity index is 260. The van der Waals surface area contributed by atoms with Gasteiger partial charge in [0.1, 0.15) is 0 Å². The Kier molecular flexibility index (Phi) is 5.19. The smallest absolute Gasteiger partial charge is 0.0542 e. The van der Waals surface area contributed by atoms with Gasteiger partial charge in [0.2, 0.25) is 0 Å². The molecule has 1 heterocycles. The molecule has 0 fully saturated rings. The summed E-state index contributed by atoms with van der Waals surface area (Å²) in [6.07, 6.45) is 4.28. The van der Waals surface area contributed by atoms with E-state index in [1.807, 2.05) is 12.3 Å². The third kappa shape index (κ3) is 3.85. The monoisotopic (exact) mass is 193 g/mol. The molecule has 3 heteroatoms. The van der Waals surface area contributed by atoms with E-state index in [9.17, 15) is 0 Å². The summed E-state index contributed by atoms with van der Waals surface area (Å²) in [5.41, 5.74) is 7.73. The van der Waals surface area contributed by atoms with Gasteiger partial charge in [0.05, 0.1) is 5.69 Å². The molecule has 0 aliphatic carbocycles. The predicted octanol–water partition coefficient (Wildman–Crippen LogP) is 1.43. The number of rotatable bonds is 6. The molecule has 1 aromatic rings. The van der Waals surface area contributed by atoms with Crippen molar-refractivity contribution in [3.63, 3.8) is 0 Å². The molecular formula is C11H19N3. The Balaban J connectivity index is 2.34. The van der Waals surface area contributed by atoms with Gasteiger partial charge in [0.25, 0.3) is 0 Å². The van der Waals surface area contributed by atoms with Crippen LogP contribution >= 0.6 is 0 Å². The molecule has 0 saturated heterocycles. The van der Waals surface area contributed by atoms with E-state index in [0.717, 1.165) is 18.8 Å². The summed E-state index contributed by atoms with van der Waals surface area (Å²) in [5.74, 6) is 0. The molecule has 0 bridgehead atoms.